The van der Waals surface area contributed by atoms with Crippen molar-refractivity contribution in [3.05, 3.63) is 90.3 Å². The quantitative estimate of drug-likeness (QED) is 0.495. The van der Waals surface area contributed by atoms with E-state index in [1.54, 1.807) is 6.08 Å². The van der Waals surface area contributed by atoms with Crippen molar-refractivity contribution in [1.82, 2.24) is 0 Å². The van der Waals surface area contributed by atoms with E-state index in [2.05, 4.69) is 48.9 Å². The zero-order valence-corrected chi connectivity index (χ0v) is 11.6. The lowest BCUT2D eigenvalue weighted by Gasteiger charge is -2.02. The Morgan fingerprint density at radius 2 is 1.83 bits per heavy atom. The van der Waals surface area contributed by atoms with Crippen molar-refractivity contribution < 1.29 is 0 Å². The molecule has 0 bridgehead atoms. The minimum atomic E-state index is -0.0870. The summed E-state index contributed by atoms with van der Waals surface area (Å²) >= 11 is 0. The number of benzene rings is 1. The van der Waals surface area contributed by atoms with Gasteiger partial charge in [0, 0.05) is 0 Å². The van der Waals surface area contributed by atoms with Crippen molar-refractivity contribution in [2.24, 2.45) is 0 Å². The van der Waals surface area contributed by atoms with E-state index in [-0.39, 0.29) is 10.9 Å². The maximum absolute atomic E-state index is 3.91. The first-order valence-electron chi connectivity index (χ1n) is 5.86. The highest BCUT2D eigenvalue weighted by Crippen LogP contribution is 2.24. The molecule has 18 heavy (non-hydrogen) atoms. The average molecular weight is 255 g/mol. The molecule has 92 valence electrons. The second-order valence-corrected chi connectivity index (χ2v) is 5.40. The summed E-state index contributed by atoms with van der Waals surface area (Å²) in [6.45, 7) is 9.66. The predicted octanol–water partition coefficient (Wildman–Crippen LogP) is 5.01. The van der Waals surface area contributed by atoms with Gasteiger partial charge in [-0.1, -0.05) is 49.6 Å². The van der Waals surface area contributed by atoms with Crippen LogP contribution >= 0.6 is 0 Å². The van der Waals surface area contributed by atoms with Gasteiger partial charge in [-0.25, -0.2) is 0 Å². The first-order chi connectivity index (χ1) is 8.83. The van der Waals surface area contributed by atoms with Crippen LogP contribution < -0.4 is 0 Å². The minimum Gasteiger partial charge on any atom is -0.0989 e. The molecule has 0 aromatic heterocycles. The average Bonchev–Trinajstić information content (AvgIpc) is 2.43. The van der Waals surface area contributed by atoms with Gasteiger partial charge in [-0.05, 0) is 37.3 Å². The van der Waals surface area contributed by atoms with Gasteiger partial charge >= 0.3 is 0 Å². The van der Waals surface area contributed by atoms with Gasteiger partial charge in [-0.15, -0.1) is 0 Å². The highest BCUT2D eigenvalue weighted by atomic mass is 32.2. The Morgan fingerprint density at radius 3 is 2.39 bits per heavy atom. The second kappa shape index (κ2) is 8.37. The third-order valence-corrected chi connectivity index (χ3v) is 4.28. The standard InChI is InChI=1S/C17H19S/c1-4-7-12-16(6-3)18(15-8-5-2)17-13-10-9-11-14-17/h4-15H,2-3H2,1H3/q+1/b7-4-,15-8+,16-12+. The van der Waals surface area contributed by atoms with E-state index in [4.69, 9.17) is 0 Å². The maximum atomic E-state index is 3.91. The zero-order valence-electron chi connectivity index (χ0n) is 10.8. The Bertz CT molecular complexity index is 464. The molecule has 0 nitrogen and oxygen atoms in total. The number of hydrogen-bond donors (Lipinski definition) is 0. The van der Waals surface area contributed by atoms with Gasteiger partial charge in [0.2, 0.25) is 0 Å². The molecule has 0 N–H and O–H groups in total. The van der Waals surface area contributed by atoms with Crippen LogP contribution in [-0.4, -0.2) is 0 Å². The molecule has 0 saturated heterocycles. The van der Waals surface area contributed by atoms with E-state index >= 15 is 0 Å². The molecule has 0 aliphatic rings. The summed E-state index contributed by atoms with van der Waals surface area (Å²) in [6, 6.07) is 10.4. The van der Waals surface area contributed by atoms with Gasteiger partial charge in [-0.2, -0.15) is 0 Å². The molecule has 0 spiro atoms. The zero-order chi connectivity index (χ0) is 13.2. The van der Waals surface area contributed by atoms with Crippen LogP contribution in [0.3, 0.4) is 0 Å². The molecule has 1 atom stereocenters. The van der Waals surface area contributed by atoms with Crippen LogP contribution in [0.5, 0.6) is 0 Å². The lowest BCUT2D eigenvalue weighted by atomic mass is 10.4. The fourth-order valence-corrected chi connectivity index (χ4v) is 3.13. The summed E-state index contributed by atoms with van der Waals surface area (Å²) in [7, 11) is -0.0870. The van der Waals surface area contributed by atoms with Crippen LogP contribution in [0.25, 0.3) is 0 Å². The Hall–Kier alpha value is -1.73. The Morgan fingerprint density at radius 1 is 1.11 bits per heavy atom. The van der Waals surface area contributed by atoms with Crippen LogP contribution in [-0.2, 0) is 10.9 Å². The normalized spacial score (nSPS) is 13.9. The van der Waals surface area contributed by atoms with E-state index in [1.165, 1.54) is 9.80 Å². The number of rotatable bonds is 6. The van der Waals surface area contributed by atoms with Gasteiger partial charge in [-0.3, -0.25) is 0 Å². The highest BCUT2D eigenvalue weighted by molar-refractivity contribution is 8.03. The molecule has 1 rings (SSSR count). The van der Waals surface area contributed by atoms with E-state index in [0.29, 0.717) is 0 Å². The summed E-state index contributed by atoms with van der Waals surface area (Å²) in [5, 5.41) is 2.17. The van der Waals surface area contributed by atoms with Crippen molar-refractivity contribution in [1.29, 1.82) is 0 Å². The van der Waals surface area contributed by atoms with E-state index in [9.17, 15) is 0 Å². The first-order valence-corrected chi connectivity index (χ1v) is 7.15. The third kappa shape index (κ3) is 4.27. The summed E-state index contributed by atoms with van der Waals surface area (Å²) < 4.78 is 0. The Balaban J connectivity index is 3.16. The Labute approximate surface area is 113 Å². The van der Waals surface area contributed by atoms with E-state index in [1.807, 2.05) is 37.3 Å². The lowest BCUT2D eigenvalue weighted by molar-refractivity contribution is 1.45. The van der Waals surface area contributed by atoms with Gasteiger partial charge in [0.05, 0.1) is 10.9 Å². The van der Waals surface area contributed by atoms with Crippen molar-refractivity contribution in [2.45, 2.75) is 11.8 Å². The molecular weight excluding hydrogens is 236 g/mol. The second-order valence-electron chi connectivity index (χ2n) is 3.51. The minimum absolute atomic E-state index is 0.0870. The number of allylic oxidation sites excluding steroid dienone is 6. The first kappa shape index (κ1) is 14.3. The summed E-state index contributed by atoms with van der Waals surface area (Å²) in [4.78, 5) is 2.49. The highest BCUT2D eigenvalue weighted by Gasteiger charge is 2.22. The maximum Gasteiger partial charge on any atom is 0.165 e. The lowest BCUT2D eigenvalue weighted by Crippen LogP contribution is -2.00. The molecule has 0 amide bonds. The van der Waals surface area contributed by atoms with Gasteiger partial charge in [0.15, 0.2) is 9.80 Å². The van der Waals surface area contributed by atoms with Gasteiger partial charge in [0.25, 0.3) is 0 Å². The molecule has 0 heterocycles. The number of hydrogen-bond acceptors (Lipinski definition) is 0. The molecule has 1 aromatic rings. The summed E-state index contributed by atoms with van der Waals surface area (Å²) in [6.07, 6.45) is 11.9. The largest absolute Gasteiger partial charge is 0.165 e. The molecule has 0 saturated carbocycles. The van der Waals surface area contributed by atoms with Gasteiger partial charge < -0.3 is 0 Å². The predicted molar refractivity (Wildman–Crippen MR) is 84.5 cm³/mol. The topological polar surface area (TPSA) is 0 Å². The Kier molecular flexibility index (Phi) is 6.67. The molecule has 0 radical (unpaired) electrons. The molecule has 1 heteroatoms. The molecule has 1 unspecified atom stereocenters. The van der Waals surface area contributed by atoms with Gasteiger partial charge in [0.1, 0.15) is 5.41 Å². The van der Waals surface area contributed by atoms with Crippen LogP contribution in [0, 0.1) is 0 Å². The SMILES string of the molecule is C=C/C=C/[S+](/C(C=C)=C/C=C\C)c1ccccc1. The van der Waals surface area contributed by atoms with Crippen molar-refractivity contribution in [3.63, 3.8) is 0 Å². The monoisotopic (exact) mass is 255 g/mol. The van der Waals surface area contributed by atoms with E-state index < -0.39 is 0 Å². The van der Waals surface area contributed by atoms with E-state index in [0.717, 1.165) is 0 Å². The molecule has 0 aliphatic carbocycles. The van der Waals surface area contributed by atoms with Crippen LogP contribution in [0.2, 0.25) is 0 Å². The van der Waals surface area contributed by atoms with Crippen LogP contribution in [0.15, 0.2) is 95.2 Å². The van der Waals surface area contributed by atoms with Crippen molar-refractivity contribution >= 4 is 10.9 Å². The molecule has 1 aromatic carbocycles. The van der Waals surface area contributed by atoms with Crippen LogP contribution in [0.4, 0.5) is 0 Å². The van der Waals surface area contributed by atoms with Crippen molar-refractivity contribution in [3.8, 4) is 0 Å². The van der Waals surface area contributed by atoms with Crippen molar-refractivity contribution in [2.75, 3.05) is 0 Å². The molecule has 0 aliphatic heterocycles. The fourth-order valence-electron chi connectivity index (χ4n) is 1.42. The molecule has 0 fully saturated rings. The molecular formula is C17H19S+. The summed E-state index contributed by atoms with van der Waals surface area (Å²) in [5.74, 6) is 0. The van der Waals surface area contributed by atoms with Crippen LogP contribution in [0.1, 0.15) is 6.92 Å². The summed E-state index contributed by atoms with van der Waals surface area (Å²) in [5.41, 5.74) is 0. The third-order valence-electron chi connectivity index (χ3n) is 2.26. The smallest absolute Gasteiger partial charge is 0.0989 e. The fraction of sp³-hybridized carbons (Fsp3) is 0.0588.